The molecule has 0 aromatic rings. The first-order valence-corrected chi connectivity index (χ1v) is 17.8. The minimum Gasteiger partial charge on any atom is -0.442 e. The van der Waals surface area contributed by atoms with E-state index in [4.69, 9.17) is 16.2 Å². The molecule has 42 heavy (non-hydrogen) atoms. The van der Waals surface area contributed by atoms with Crippen LogP contribution in [0, 0.1) is 46.3 Å². The van der Waals surface area contributed by atoms with Crippen molar-refractivity contribution in [2.45, 2.75) is 137 Å². The molecule has 0 aliphatic heterocycles. The normalized spacial score (nSPS) is 38.4. The van der Waals surface area contributed by atoms with Crippen molar-refractivity contribution in [1.82, 2.24) is 10.6 Å². The molecule has 0 aromatic carbocycles. The lowest BCUT2D eigenvalue weighted by atomic mass is 9.46. The van der Waals surface area contributed by atoms with E-state index in [1.807, 2.05) is 0 Å². The van der Waals surface area contributed by atoms with Crippen molar-refractivity contribution >= 4 is 5.97 Å². The molecule has 4 rings (SSSR count). The number of rotatable bonds is 15. The third-order valence-electron chi connectivity index (χ3n) is 12.6. The van der Waals surface area contributed by atoms with E-state index >= 15 is 0 Å². The monoisotopic (exact) mass is 587 g/mol. The Kier molecular flexibility index (Phi) is 11.7. The van der Waals surface area contributed by atoms with Crippen molar-refractivity contribution in [3.05, 3.63) is 11.6 Å². The molecule has 0 aromatic heterocycles. The van der Waals surface area contributed by atoms with Gasteiger partial charge in [-0.25, -0.2) is 0 Å². The molecular formula is C36H66N4O2. The molecule has 3 saturated carbocycles. The maximum absolute atomic E-state index is 12.8. The number of allylic oxidation sites excluding steroid dienone is 1. The van der Waals surface area contributed by atoms with Crippen LogP contribution in [0.5, 0.6) is 0 Å². The molecule has 0 heterocycles. The van der Waals surface area contributed by atoms with Gasteiger partial charge in [0.05, 0.1) is 6.04 Å². The predicted molar refractivity (Wildman–Crippen MR) is 175 cm³/mol. The van der Waals surface area contributed by atoms with Crippen LogP contribution in [0.1, 0.15) is 125 Å². The zero-order valence-corrected chi connectivity index (χ0v) is 28.1. The molecule has 0 amide bonds. The minimum atomic E-state index is -1.10. The van der Waals surface area contributed by atoms with Gasteiger partial charge in [-0.05, 0) is 124 Å². The highest BCUT2D eigenvalue weighted by Gasteiger charge is 2.61. The fourth-order valence-corrected chi connectivity index (χ4v) is 10.2. The number of carbonyl (C=O) groups excluding carboxylic acids is 1. The molecule has 0 saturated heterocycles. The number of carbonyl (C=O) groups is 1. The van der Waals surface area contributed by atoms with Gasteiger partial charge in [-0.2, -0.15) is 0 Å². The third-order valence-corrected chi connectivity index (χ3v) is 12.6. The molecule has 4 aliphatic carbocycles. The molecule has 4 aliphatic rings. The summed E-state index contributed by atoms with van der Waals surface area (Å²) < 4.78 is 5.99. The van der Waals surface area contributed by atoms with Crippen molar-refractivity contribution < 1.29 is 9.53 Å². The first-order valence-electron chi connectivity index (χ1n) is 17.8. The van der Waals surface area contributed by atoms with Crippen LogP contribution in [0.4, 0.5) is 0 Å². The molecule has 0 radical (unpaired) electrons. The predicted octanol–water partition coefficient (Wildman–Crippen LogP) is 6.53. The zero-order chi connectivity index (χ0) is 30.5. The van der Waals surface area contributed by atoms with E-state index < -0.39 is 5.72 Å². The Morgan fingerprint density at radius 1 is 1.02 bits per heavy atom. The first kappa shape index (κ1) is 33.9. The summed E-state index contributed by atoms with van der Waals surface area (Å²) in [7, 11) is 0. The largest absolute Gasteiger partial charge is 0.442 e. The maximum Gasteiger partial charge on any atom is 0.307 e. The molecule has 6 N–H and O–H groups in total. The Hall–Kier alpha value is -0.950. The van der Waals surface area contributed by atoms with E-state index in [0.29, 0.717) is 24.2 Å². The van der Waals surface area contributed by atoms with E-state index in [2.05, 4.69) is 58.3 Å². The van der Waals surface area contributed by atoms with Crippen molar-refractivity contribution in [2.75, 3.05) is 26.2 Å². The van der Waals surface area contributed by atoms with Gasteiger partial charge in [0.1, 0.15) is 0 Å². The van der Waals surface area contributed by atoms with Crippen LogP contribution in [0.15, 0.2) is 11.6 Å². The maximum atomic E-state index is 12.8. The Morgan fingerprint density at radius 2 is 1.76 bits per heavy atom. The van der Waals surface area contributed by atoms with Crippen LogP contribution in [0.2, 0.25) is 0 Å². The van der Waals surface area contributed by atoms with Gasteiger partial charge in [0.25, 0.3) is 0 Å². The average molecular weight is 587 g/mol. The summed E-state index contributed by atoms with van der Waals surface area (Å²) in [6, 6.07) is -0.336. The van der Waals surface area contributed by atoms with Crippen LogP contribution >= 0.6 is 0 Å². The summed E-state index contributed by atoms with van der Waals surface area (Å²) in [6.45, 7) is 18.3. The van der Waals surface area contributed by atoms with Crippen molar-refractivity contribution in [3.63, 3.8) is 0 Å². The van der Waals surface area contributed by atoms with Crippen molar-refractivity contribution in [3.8, 4) is 0 Å². The van der Waals surface area contributed by atoms with Gasteiger partial charge < -0.3 is 21.1 Å². The van der Waals surface area contributed by atoms with E-state index in [0.717, 1.165) is 81.5 Å². The zero-order valence-electron chi connectivity index (χ0n) is 28.1. The van der Waals surface area contributed by atoms with Crippen LogP contribution in [0.25, 0.3) is 0 Å². The summed E-state index contributed by atoms with van der Waals surface area (Å²) >= 11 is 0. The number of nitrogens with one attached hydrogen (secondary N) is 2. The van der Waals surface area contributed by atoms with Crippen LogP contribution < -0.4 is 22.1 Å². The quantitative estimate of drug-likeness (QED) is 0.0753. The number of nitrogens with two attached hydrogens (primary N) is 2. The molecule has 242 valence electrons. The lowest BCUT2D eigenvalue weighted by Gasteiger charge is -2.60. The lowest BCUT2D eigenvalue weighted by Crippen LogP contribution is -2.65. The number of fused-ring (bicyclic) bond motifs is 5. The third kappa shape index (κ3) is 7.29. The second-order valence-corrected chi connectivity index (χ2v) is 15.8. The molecular weight excluding hydrogens is 520 g/mol. The summed E-state index contributed by atoms with van der Waals surface area (Å²) in [6.07, 6.45) is 16.9. The van der Waals surface area contributed by atoms with E-state index in [9.17, 15) is 4.79 Å². The van der Waals surface area contributed by atoms with Crippen molar-refractivity contribution in [1.29, 1.82) is 0 Å². The number of hydrogen-bond acceptors (Lipinski definition) is 6. The molecule has 6 heteroatoms. The second kappa shape index (κ2) is 14.4. The number of ether oxygens (including phenoxy) is 1. The van der Waals surface area contributed by atoms with Gasteiger partial charge in [0, 0.05) is 12.8 Å². The van der Waals surface area contributed by atoms with Crippen LogP contribution in [0.3, 0.4) is 0 Å². The average Bonchev–Trinajstić information content (AvgIpc) is 3.28. The summed E-state index contributed by atoms with van der Waals surface area (Å²) in [5.74, 6) is 4.52. The first-order chi connectivity index (χ1) is 19.9. The molecule has 0 spiro atoms. The number of esters is 1. The highest BCUT2D eigenvalue weighted by atomic mass is 16.6. The fourth-order valence-electron chi connectivity index (χ4n) is 10.2. The molecule has 9 atom stereocenters. The second-order valence-electron chi connectivity index (χ2n) is 15.8. The van der Waals surface area contributed by atoms with Gasteiger partial charge in [-0.15, -0.1) is 0 Å². The SMILES string of the molecule is CCNCCCNCCCC(=O)OC1(N)CC2=CCC3C(CC[C@@]4(C)C3CC[C@@H]4[C@H](C)CCCC(C)C)[C@@]2(C)CC1N. The topological polar surface area (TPSA) is 102 Å². The van der Waals surface area contributed by atoms with Crippen LogP contribution in [-0.4, -0.2) is 43.9 Å². The summed E-state index contributed by atoms with van der Waals surface area (Å²) in [5, 5.41) is 6.75. The fraction of sp³-hybridized carbons (Fsp3) is 0.917. The summed E-state index contributed by atoms with van der Waals surface area (Å²) in [4.78, 5) is 12.8. The molecule has 3 fully saturated rings. The lowest BCUT2D eigenvalue weighted by molar-refractivity contribution is -0.167. The molecule has 6 nitrogen and oxygen atoms in total. The standard InChI is InChI=1S/C36H66N4O2/c1-7-39-21-10-22-40-20-9-13-33(41)42-36(38)23-27-14-15-28-30-17-16-29(26(4)12-8-11-25(2)3)34(30,5)19-18-31(28)35(27,6)24-32(36)37/h14,25-26,28-32,39-40H,7-13,15-24,37-38H2,1-6H3/t26-,28?,29-,30?,31?,32?,34-,35+,36?/m1/s1. The van der Waals surface area contributed by atoms with Gasteiger partial charge in [0.15, 0.2) is 5.72 Å². The van der Waals surface area contributed by atoms with Gasteiger partial charge in [-0.1, -0.05) is 72.5 Å². The van der Waals surface area contributed by atoms with Gasteiger partial charge in [-0.3, -0.25) is 10.5 Å². The highest BCUT2D eigenvalue weighted by molar-refractivity contribution is 5.70. The number of hydrogen-bond donors (Lipinski definition) is 4. The Morgan fingerprint density at radius 3 is 2.50 bits per heavy atom. The van der Waals surface area contributed by atoms with E-state index in [1.165, 1.54) is 50.5 Å². The molecule has 0 bridgehead atoms. The van der Waals surface area contributed by atoms with Crippen LogP contribution in [-0.2, 0) is 9.53 Å². The Bertz CT molecular complexity index is 922. The van der Waals surface area contributed by atoms with Gasteiger partial charge >= 0.3 is 5.97 Å². The van der Waals surface area contributed by atoms with E-state index in [-0.39, 0.29) is 17.4 Å². The molecule has 5 unspecified atom stereocenters. The Labute approximate surface area is 258 Å². The highest BCUT2D eigenvalue weighted by Crippen LogP contribution is 2.67. The summed E-state index contributed by atoms with van der Waals surface area (Å²) in [5.41, 5.74) is 14.5. The minimum absolute atomic E-state index is 0.0659. The Balaban J connectivity index is 1.33. The van der Waals surface area contributed by atoms with Gasteiger partial charge in [0.2, 0.25) is 0 Å². The van der Waals surface area contributed by atoms with E-state index in [1.54, 1.807) is 0 Å². The van der Waals surface area contributed by atoms with Crippen molar-refractivity contribution in [2.24, 2.45) is 57.8 Å². The smallest absolute Gasteiger partial charge is 0.307 e.